The highest BCUT2D eigenvalue weighted by Gasteiger charge is 2.41. The van der Waals surface area contributed by atoms with Crippen LogP contribution in [0.4, 0.5) is 0 Å². The van der Waals surface area contributed by atoms with Gasteiger partial charge in [-0.1, -0.05) is 31.6 Å². The molecular weight excluding hydrogens is 356 g/mol. The van der Waals surface area contributed by atoms with Crippen molar-refractivity contribution in [3.05, 3.63) is 0 Å². The van der Waals surface area contributed by atoms with Crippen molar-refractivity contribution in [1.29, 1.82) is 0 Å². The second kappa shape index (κ2) is 6.32. The Kier molecular flexibility index (Phi) is 5.06. The van der Waals surface area contributed by atoms with Crippen LogP contribution in [0.2, 0.25) is 0 Å². The zero-order chi connectivity index (χ0) is 18.2. The Hall–Kier alpha value is -1.10. The Bertz CT molecular complexity index is 808. The highest BCUT2D eigenvalue weighted by molar-refractivity contribution is 7.86. The SMILES string of the molecule is C#CC1CC(C)(CC#CC2CC(C)(C)CS(=O)(=O)O2)OS(=O)(=O)O1. The van der Waals surface area contributed by atoms with E-state index in [1.807, 2.05) is 13.8 Å². The topological polar surface area (TPSA) is 96.0 Å². The van der Waals surface area contributed by atoms with E-state index < -0.39 is 43.7 Å². The summed E-state index contributed by atoms with van der Waals surface area (Å²) in [5, 5.41) is 0. The summed E-state index contributed by atoms with van der Waals surface area (Å²) < 4.78 is 61.2. The predicted octanol–water partition coefficient (Wildman–Crippen LogP) is 0.967. The summed E-state index contributed by atoms with van der Waals surface area (Å²) in [4.78, 5) is 0. The molecule has 2 aliphatic rings. The summed E-state index contributed by atoms with van der Waals surface area (Å²) in [5.74, 6) is 7.70. The van der Waals surface area contributed by atoms with Gasteiger partial charge in [0, 0.05) is 12.8 Å². The number of rotatable bonds is 1. The summed E-state index contributed by atoms with van der Waals surface area (Å²) in [6.45, 7) is 5.22. The van der Waals surface area contributed by atoms with Crippen molar-refractivity contribution < 1.29 is 29.4 Å². The highest BCUT2D eigenvalue weighted by Crippen LogP contribution is 2.33. The monoisotopic (exact) mass is 376 g/mol. The molecule has 0 saturated carbocycles. The zero-order valence-corrected chi connectivity index (χ0v) is 15.4. The maximum Gasteiger partial charge on any atom is 0.401 e. The molecule has 0 aliphatic carbocycles. The van der Waals surface area contributed by atoms with Crippen LogP contribution in [0.25, 0.3) is 0 Å². The van der Waals surface area contributed by atoms with E-state index in [1.54, 1.807) is 6.92 Å². The van der Waals surface area contributed by atoms with Crippen molar-refractivity contribution in [3.8, 4) is 24.2 Å². The predicted molar refractivity (Wildman–Crippen MR) is 86.2 cm³/mol. The Morgan fingerprint density at radius 3 is 2.33 bits per heavy atom. The Labute approximate surface area is 143 Å². The fourth-order valence-corrected chi connectivity index (χ4v) is 5.45. The van der Waals surface area contributed by atoms with E-state index in [0.29, 0.717) is 6.42 Å². The summed E-state index contributed by atoms with van der Waals surface area (Å²) in [6.07, 6.45) is 4.23. The lowest BCUT2D eigenvalue weighted by molar-refractivity contribution is -0.00148. The minimum absolute atomic E-state index is 0.0497. The molecule has 2 rings (SSSR count). The lowest BCUT2D eigenvalue weighted by atomic mass is 9.88. The molecule has 9 heteroatoms. The van der Waals surface area contributed by atoms with Crippen LogP contribution in [0.5, 0.6) is 0 Å². The molecule has 7 nitrogen and oxygen atoms in total. The van der Waals surface area contributed by atoms with Gasteiger partial charge in [0.15, 0.2) is 0 Å². The van der Waals surface area contributed by atoms with Crippen molar-refractivity contribution >= 4 is 20.5 Å². The van der Waals surface area contributed by atoms with Crippen LogP contribution in [0.1, 0.15) is 40.0 Å². The number of hydrogen-bond donors (Lipinski definition) is 0. The minimum Gasteiger partial charge on any atom is -0.254 e. The molecule has 24 heavy (non-hydrogen) atoms. The van der Waals surface area contributed by atoms with E-state index in [0.717, 1.165) is 0 Å². The first kappa shape index (κ1) is 19.2. The van der Waals surface area contributed by atoms with Crippen molar-refractivity contribution in [2.24, 2.45) is 5.41 Å². The summed E-state index contributed by atoms with van der Waals surface area (Å²) >= 11 is 0. The van der Waals surface area contributed by atoms with E-state index in [1.165, 1.54) is 0 Å². The number of hydrogen-bond acceptors (Lipinski definition) is 7. The standard InChI is InChI=1S/C15H20O7S2/c1-5-12-10-15(4,22-24(18,19)21-12)8-6-7-13-9-14(2,3)11-23(16,17)20-13/h1,12-13H,8-11H2,2-4H3. The maximum absolute atomic E-state index is 11.7. The molecule has 2 heterocycles. The molecule has 0 N–H and O–H groups in total. The largest absolute Gasteiger partial charge is 0.401 e. The third kappa shape index (κ3) is 5.20. The first-order chi connectivity index (χ1) is 10.8. The van der Waals surface area contributed by atoms with Gasteiger partial charge in [0.1, 0.15) is 17.8 Å². The van der Waals surface area contributed by atoms with Crippen LogP contribution in [0, 0.1) is 29.6 Å². The maximum atomic E-state index is 11.7. The second-order valence-corrected chi connectivity index (χ2v) is 9.82. The third-order valence-electron chi connectivity index (χ3n) is 3.63. The Balaban J connectivity index is 2.11. The van der Waals surface area contributed by atoms with Crippen LogP contribution in [-0.2, 0) is 33.1 Å². The molecule has 0 bridgehead atoms. The lowest BCUT2D eigenvalue weighted by Crippen LogP contribution is -2.42. The fourth-order valence-electron chi connectivity index (χ4n) is 2.77. The molecule has 0 amide bonds. The van der Waals surface area contributed by atoms with Crippen molar-refractivity contribution in [2.45, 2.75) is 57.8 Å². The van der Waals surface area contributed by atoms with Crippen molar-refractivity contribution in [3.63, 3.8) is 0 Å². The average Bonchev–Trinajstić information content (AvgIpc) is 2.32. The summed E-state index contributed by atoms with van der Waals surface area (Å²) in [7, 11) is -7.80. The average molecular weight is 376 g/mol. The molecule has 2 fully saturated rings. The second-order valence-electron chi connectivity index (χ2n) is 7.05. The Morgan fingerprint density at radius 2 is 1.75 bits per heavy atom. The number of terminal acetylenes is 1. The summed E-state index contributed by atoms with van der Waals surface area (Å²) in [6, 6.07) is 0. The van der Waals surface area contributed by atoms with Crippen LogP contribution in [0.15, 0.2) is 0 Å². The lowest BCUT2D eigenvalue weighted by Gasteiger charge is -2.34. The molecule has 2 saturated heterocycles. The van der Waals surface area contributed by atoms with Gasteiger partial charge < -0.3 is 0 Å². The van der Waals surface area contributed by atoms with E-state index in [-0.39, 0.29) is 18.6 Å². The third-order valence-corrected chi connectivity index (χ3v) is 6.37. The summed E-state index contributed by atoms with van der Waals surface area (Å²) in [5.41, 5.74) is -1.57. The molecule has 0 spiro atoms. The van der Waals surface area contributed by atoms with Gasteiger partial charge in [-0.15, -0.1) is 6.42 Å². The molecule has 0 radical (unpaired) electrons. The van der Waals surface area contributed by atoms with Crippen molar-refractivity contribution in [1.82, 2.24) is 0 Å². The van der Waals surface area contributed by atoms with Crippen molar-refractivity contribution in [2.75, 3.05) is 5.75 Å². The quantitative estimate of drug-likeness (QED) is 0.497. The van der Waals surface area contributed by atoms with Crippen LogP contribution >= 0.6 is 0 Å². The zero-order valence-electron chi connectivity index (χ0n) is 13.7. The highest BCUT2D eigenvalue weighted by atomic mass is 32.3. The molecule has 3 unspecified atom stereocenters. The van der Waals surface area contributed by atoms with Gasteiger partial charge >= 0.3 is 10.4 Å². The van der Waals surface area contributed by atoms with Gasteiger partial charge in [0.2, 0.25) is 0 Å². The molecule has 2 aliphatic heterocycles. The van der Waals surface area contributed by atoms with E-state index in [4.69, 9.17) is 14.8 Å². The van der Waals surface area contributed by atoms with Crippen LogP contribution in [0.3, 0.4) is 0 Å². The van der Waals surface area contributed by atoms with Crippen LogP contribution in [-0.4, -0.2) is 40.4 Å². The van der Waals surface area contributed by atoms with Gasteiger partial charge in [0.25, 0.3) is 10.1 Å². The minimum atomic E-state index is -4.18. The molecular formula is C15H20O7S2. The molecule has 134 valence electrons. The fraction of sp³-hybridized carbons (Fsp3) is 0.733. The van der Waals surface area contributed by atoms with Gasteiger partial charge in [0.05, 0.1) is 5.75 Å². The van der Waals surface area contributed by atoms with Gasteiger partial charge in [-0.2, -0.15) is 16.8 Å². The molecule has 0 aromatic heterocycles. The molecule has 3 atom stereocenters. The molecule has 0 aromatic rings. The van der Waals surface area contributed by atoms with E-state index >= 15 is 0 Å². The normalized spacial score (nSPS) is 36.8. The Morgan fingerprint density at radius 1 is 1.08 bits per heavy atom. The van der Waals surface area contributed by atoms with Gasteiger partial charge in [-0.3, -0.25) is 4.18 Å². The van der Waals surface area contributed by atoms with Gasteiger partial charge in [-0.25, -0.2) is 8.37 Å². The van der Waals surface area contributed by atoms with Crippen LogP contribution < -0.4 is 0 Å². The van der Waals surface area contributed by atoms with Gasteiger partial charge in [-0.05, 0) is 18.8 Å². The first-order valence-electron chi connectivity index (χ1n) is 7.33. The van der Waals surface area contributed by atoms with E-state index in [9.17, 15) is 16.8 Å². The molecule has 0 aromatic carbocycles. The van der Waals surface area contributed by atoms with E-state index in [2.05, 4.69) is 21.9 Å². The smallest absolute Gasteiger partial charge is 0.254 e. The first-order valence-corrected chi connectivity index (χ1v) is 10.2.